The third kappa shape index (κ3) is 1.15. The summed E-state index contributed by atoms with van der Waals surface area (Å²) in [6.07, 6.45) is 5.99. The molecule has 7 heavy (non-hydrogen) atoms. The van der Waals surface area contributed by atoms with Crippen LogP contribution >= 0.6 is 0 Å². The average Bonchev–Trinajstić information content (AvgIpc) is 2.14. The first kappa shape index (κ1) is 5.08. The van der Waals surface area contributed by atoms with Gasteiger partial charge in [-0.15, -0.1) is 12.6 Å². The molecule has 0 nitrogen and oxygen atoms in total. The summed E-state index contributed by atoms with van der Waals surface area (Å²) >= 11 is 0. The second-order valence-corrected chi connectivity index (χ2v) is 2.80. The van der Waals surface area contributed by atoms with E-state index in [9.17, 15) is 0 Å². The Morgan fingerprint density at radius 1 is 1.29 bits per heavy atom. The van der Waals surface area contributed by atoms with Crippen LogP contribution in [-0.2, 0) is 0 Å². The van der Waals surface area contributed by atoms with Crippen LogP contribution in [0.5, 0.6) is 0 Å². The van der Waals surface area contributed by atoms with Crippen LogP contribution in [0.1, 0.15) is 25.7 Å². The maximum atomic E-state index is 3.99. The Morgan fingerprint density at radius 3 is 2.14 bits per heavy atom. The molecule has 0 unspecified atom stereocenters. The Morgan fingerprint density at radius 2 is 1.86 bits per heavy atom. The lowest BCUT2D eigenvalue weighted by Crippen LogP contribution is -1.91. The number of hydrogen-bond acceptors (Lipinski definition) is 0. The molecule has 0 atom stereocenters. The molecule has 0 aromatic heterocycles. The van der Waals surface area contributed by atoms with Crippen molar-refractivity contribution in [3.05, 3.63) is 6.82 Å². The summed E-state index contributed by atoms with van der Waals surface area (Å²) in [6, 6.07) is 0. The molecule has 0 aromatic rings. The van der Waals surface area contributed by atoms with Gasteiger partial charge in [-0.1, -0.05) is 25.7 Å². The Hall–Kier alpha value is -0.0651. The largest absolute Gasteiger partial charge is 0.169 e. The summed E-state index contributed by atoms with van der Waals surface area (Å²) in [5.41, 5.74) is 0. The van der Waals surface area contributed by atoms with Gasteiger partial charge in [0.15, 0.2) is 7.28 Å². The summed E-state index contributed by atoms with van der Waals surface area (Å²) in [5.74, 6) is 1.11. The van der Waals surface area contributed by atoms with E-state index < -0.39 is 0 Å². The smallest absolute Gasteiger partial charge is 0.139 e. The summed E-state index contributed by atoms with van der Waals surface area (Å²) in [4.78, 5) is 0. The molecule has 0 bridgehead atoms. The van der Waals surface area contributed by atoms with Gasteiger partial charge in [0.25, 0.3) is 0 Å². The predicted octanol–water partition coefficient (Wildman–Crippen LogP) is 1.31. The van der Waals surface area contributed by atoms with E-state index in [1.807, 2.05) is 0 Å². The van der Waals surface area contributed by atoms with Crippen LogP contribution in [0, 0.1) is 6.82 Å². The van der Waals surface area contributed by atoms with Crippen molar-refractivity contribution in [2.75, 3.05) is 0 Å². The fourth-order valence-electron chi connectivity index (χ4n) is 1.54. The molecule has 0 amide bonds. The van der Waals surface area contributed by atoms with Crippen molar-refractivity contribution in [1.29, 1.82) is 0 Å². The van der Waals surface area contributed by atoms with E-state index in [0.717, 1.165) is 5.82 Å². The van der Waals surface area contributed by atoms with Crippen molar-refractivity contribution in [2.24, 2.45) is 0 Å². The van der Waals surface area contributed by atoms with Gasteiger partial charge in [-0.25, -0.2) is 0 Å². The molecule has 1 rings (SSSR count). The summed E-state index contributed by atoms with van der Waals surface area (Å²) in [5, 5.41) is 0. The lowest BCUT2D eigenvalue weighted by Gasteiger charge is -2.00. The van der Waals surface area contributed by atoms with Gasteiger partial charge in [-0.05, 0) is 0 Å². The first-order valence-corrected chi connectivity index (χ1v) is 3.60. The van der Waals surface area contributed by atoms with Crippen molar-refractivity contribution >= 4 is 7.28 Å². The highest BCUT2D eigenvalue weighted by molar-refractivity contribution is 6.39. The molecular formula is C6H13B. The van der Waals surface area contributed by atoms with Gasteiger partial charge in [0.05, 0.1) is 0 Å². The predicted molar refractivity (Wildman–Crippen MR) is 36.1 cm³/mol. The first-order valence-electron chi connectivity index (χ1n) is 3.60. The van der Waals surface area contributed by atoms with Gasteiger partial charge < -0.3 is 0 Å². The fraction of sp³-hybridized carbons (Fsp3) is 0.833. The Bertz CT molecular complexity index is 46.1. The van der Waals surface area contributed by atoms with Crippen LogP contribution in [0.2, 0.25) is 5.82 Å². The zero-order valence-corrected chi connectivity index (χ0v) is 5.11. The van der Waals surface area contributed by atoms with E-state index in [1.54, 1.807) is 0 Å². The Labute approximate surface area is 46.5 Å². The van der Waals surface area contributed by atoms with E-state index in [-0.39, 0.29) is 7.28 Å². The molecule has 1 aliphatic carbocycles. The minimum Gasteiger partial charge on any atom is -0.139 e. The maximum absolute atomic E-state index is 3.99. The third-order valence-corrected chi connectivity index (χ3v) is 2.22. The zero-order chi connectivity index (χ0) is 5.11. The van der Waals surface area contributed by atoms with Crippen LogP contribution in [0.4, 0.5) is 0 Å². The molecule has 1 heteroatoms. The fourth-order valence-corrected chi connectivity index (χ4v) is 1.54. The van der Waals surface area contributed by atoms with E-state index in [4.69, 9.17) is 0 Å². The molecule has 0 saturated heterocycles. The molecule has 40 valence electrons. The lowest BCUT2D eigenvalue weighted by atomic mass is 9.66. The Balaban J connectivity index is 2.14. The molecule has 0 aromatic carbocycles. The van der Waals surface area contributed by atoms with Gasteiger partial charge >= 0.3 is 0 Å². The minimum absolute atomic E-state index is 0.243. The van der Waals surface area contributed by atoms with Gasteiger partial charge in [-0.2, -0.15) is 0 Å². The number of rotatable bonds is 1. The zero-order valence-electron chi connectivity index (χ0n) is 5.11. The van der Waals surface area contributed by atoms with Crippen molar-refractivity contribution in [2.45, 2.75) is 31.5 Å². The molecule has 0 N–H and O–H groups in total. The normalized spacial score (nSPS) is 23.4. The molecule has 0 spiro atoms. The standard InChI is InChI=1S/C6H13B/c1-7-6-4-2-3-5-6/h6H,1-5,7H2. The average molecular weight is 96.0 g/mol. The quantitative estimate of drug-likeness (QED) is 0.341. The van der Waals surface area contributed by atoms with Crippen LogP contribution in [0.15, 0.2) is 0 Å². The van der Waals surface area contributed by atoms with E-state index in [1.165, 1.54) is 25.7 Å². The molecule has 0 heterocycles. The minimum atomic E-state index is 0.243. The second kappa shape index (κ2) is 2.30. The van der Waals surface area contributed by atoms with E-state index in [0.29, 0.717) is 0 Å². The highest BCUT2D eigenvalue weighted by Crippen LogP contribution is 2.28. The van der Waals surface area contributed by atoms with Crippen molar-refractivity contribution in [1.82, 2.24) is 0 Å². The van der Waals surface area contributed by atoms with Crippen molar-refractivity contribution < 1.29 is 0 Å². The first-order chi connectivity index (χ1) is 3.43. The van der Waals surface area contributed by atoms with Crippen LogP contribution < -0.4 is 0 Å². The summed E-state index contributed by atoms with van der Waals surface area (Å²) < 4.78 is 0. The molecule has 0 aliphatic heterocycles. The number of hydrogen-bond donors (Lipinski definition) is 0. The monoisotopic (exact) mass is 96.1 g/mol. The van der Waals surface area contributed by atoms with Gasteiger partial charge in [0, 0.05) is 0 Å². The molecule has 1 saturated carbocycles. The van der Waals surface area contributed by atoms with Crippen LogP contribution in [-0.4, -0.2) is 7.28 Å². The van der Waals surface area contributed by atoms with Gasteiger partial charge in [0.1, 0.15) is 0 Å². The summed E-state index contributed by atoms with van der Waals surface area (Å²) in [6.45, 7) is 3.99. The molecule has 1 fully saturated rings. The molecule has 1 aliphatic rings. The van der Waals surface area contributed by atoms with Gasteiger partial charge in [0.2, 0.25) is 0 Å². The summed E-state index contributed by atoms with van der Waals surface area (Å²) in [7, 11) is 0.243. The highest BCUT2D eigenvalue weighted by atomic mass is 14.1. The van der Waals surface area contributed by atoms with Crippen molar-refractivity contribution in [3.8, 4) is 0 Å². The van der Waals surface area contributed by atoms with Crippen LogP contribution in [0.25, 0.3) is 0 Å². The molecular weight excluding hydrogens is 82.9 g/mol. The third-order valence-electron chi connectivity index (χ3n) is 2.22. The SMILES string of the molecule is [CH2+][BH2-]C1CCCC1. The Kier molecular flexibility index (Phi) is 1.67. The van der Waals surface area contributed by atoms with Gasteiger partial charge in [-0.3, -0.25) is 0 Å². The van der Waals surface area contributed by atoms with E-state index >= 15 is 0 Å². The maximum Gasteiger partial charge on any atom is 0.169 e. The topological polar surface area (TPSA) is 0 Å². The van der Waals surface area contributed by atoms with Crippen LogP contribution in [0.3, 0.4) is 0 Å². The van der Waals surface area contributed by atoms with Crippen molar-refractivity contribution in [3.63, 3.8) is 0 Å². The molecule has 0 radical (unpaired) electrons. The highest BCUT2D eigenvalue weighted by Gasteiger charge is 2.09. The second-order valence-electron chi connectivity index (χ2n) is 2.80. The lowest BCUT2D eigenvalue weighted by molar-refractivity contribution is 0.872. The van der Waals surface area contributed by atoms with E-state index in [2.05, 4.69) is 6.82 Å².